The number of hydrogen-bond donors (Lipinski definition) is 0. The van der Waals surface area contributed by atoms with Gasteiger partial charge in [0.25, 0.3) is 0 Å². The predicted octanol–water partition coefficient (Wildman–Crippen LogP) is 2.53. The van der Waals surface area contributed by atoms with Gasteiger partial charge >= 0.3 is 0 Å². The van der Waals surface area contributed by atoms with Crippen molar-refractivity contribution in [2.45, 2.75) is 19.8 Å². The highest BCUT2D eigenvalue weighted by molar-refractivity contribution is 7.12. The Kier molecular flexibility index (Phi) is 3.41. The second-order valence-corrected chi connectivity index (χ2v) is 4.65. The van der Waals surface area contributed by atoms with E-state index in [1.54, 1.807) is 29.8 Å². The SMILES string of the molecule is CCc1ccc(CC(=O)c2ncccn2)s1. The van der Waals surface area contributed by atoms with Gasteiger partial charge in [0.2, 0.25) is 5.78 Å². The van der Waals surface area contributed by atoms with Crippen molar-refractivity contribution in [1.82, 2.24) is 9.97 Å². The molecule has 2 aromatic heterocycles. The molecule has 2 aromatic rings. The van der Waals surface area contributed by atoms with Crippen molar-refractivity contribution in [3.05, 3.63) is 46.2 Å². The molecule has 0 amide bonds. The minimum Gasteiger partial charge on any atom is -0.290 e. The Labute approximate surface area is 98.2 Å². The molecule has 0 unspecified atom stereocenters. The Hall–Kier alpha value is -1.55. The third-order valence-corrected chi connectivity index (χ3v) is 3.45. The molecule has 0 spiro atoms. The largest absolute Gasteiger partial charge is 0.290 e. The second-order valence-electron chi connectivity index (χ2n) is 3.39. The zero-order chi connectivity index (χ0) is 11.4. The first kappa shape index (κ1) is 11.0. The molecule has 0 atom stereocenters. The van der Waals surface area contributed by atoms with Crippen LogP contribution in [0, 0.1) is 0 Å². The summed E-state index contributed by atoms with van der Waals surface area (Å²) >= 11 is 1.68. The van der Waals surface area contributed by atoms with E-state index in [0.717, 1.165) is 11.3 Å². The molecule has 0 saturated carbocycles. The smallest absolute Gasteiger partial charge is 0.205 e. The zero-order valence-corrected chi connectivity index (χ0v) is 9.83. The van der Waals surface area contributed by atoms with Crippen LogP contribution in [0.4, 0.5) is 0 Å². The van der Waals surface area contributed by atoms with E-state index < -0.39 is 0 Å². The number of aryl methyl sites for hydroxylation is 1. The van der Waals surface area contributed by atoms with Gasteiger partial charge in [-0.1, -0.05) is 6.92 Å². The molecule has 16 heavy (non-hydrogen) atoms. The number of Topliss-reactive ketones (excluding diaryl/α,β-unsaturated/α-hetero) is 1. The first-order valence-electron chi connectivity index (χ1n) is 5.17. The highest BCUT2D eigenvalue weighted by Gasteiger charge is 2.10. The summed E-state index contributed by atoms with van der Waals surface area (Å²) < 4.78 is 0. The molecule has 0 aliphatic carbocycles. The normalized spacial score (nSPS) is 10.3. The lowest BCUT2D eigenvalue weighted by molar-refractivity contribution is 0.0984. The predicted molar refractivity (Wildman–Crippen MR) is 63.8 cm³/mol. The minimum absolute atomic E-state index is 0.0231. The highest BCUT2D eigenvalue weighted by Crippen LogP contribution is 2.18. The van der Waals surface area contributed by atoms with Gasteiger partial charge < -0.3 is 0 Å². The van der Waals surface area contributed by atoms with E-state index in [1.807, 2.05) is 6.07 Å². The number of ketones is 1. The summed E-state index contributed by atoms with van der Waals surface area (Å²) in [5, 5.41) is 0. The Morgan fingerprint density at radius 2 is 1.94 bits per heavy atom. The summed E-state index contributed by atoms with van der Waals surface area (Å²) in [6.45, 7) is 2.11. The van der Waals surface area contributed by atoms with Crippen LogP contribution in [0.15, 0.2) is 30.6 Å². The van der Waals surface area contributed by atoms with Gasteiger partial charge in [-0.15, -0.1) is 11.3 Å². The first-order chi connectivity index (χ1) is 7.79. The van der Waals surface area contributed by atoms with Gasteiger partial charge in [-0.2, -0.15) is 0 Å². The summed E-state index contributed by atoms with van der Waals surface area (Å²) in [6, 6.07) is 5.78. The van der Waals surface area contributed by atoms with Gasteiger partial charge in [-0.25, -0.2) is 9.97 Å². The molecule has 3 nitrogen and oxygen atoms in total. The molecule has 4 heteroatoms. The van der Waals surface area contributed by atoms with E-state index in [0.29, 0.717) is 12.2 Å². The fourth-order valence-corrected chi connectivity index (χ4v) is 2.34. The average Bonchev–Trinajstić information content (AvgIpc) is 2.78. The van der Waals surface area contributed by atoms with Crippen LogP contribution in [0.3, 0.4) is 0 Å². The number of carbonyl (C=O) groups is 1. The van der Waals surface area contributed by atoms with Crippen molar-refractivity contribution in [3.63, 3.8) is 0 Å². The Balaban J connectivity index is 2.08. The second kappa shape index (κ2) is 4.99. The maximum atomic E-state index is 11.8. The highest BCUT2D eigenvalue weighted by atomic mass is 32.1. The molecular weight excluding hydrogens is 220 g/mol. The van der Waals surface area contributed by atoms with Crippen molar-refractivity contribution in [1.29, 1.82) is 0 Å². The summed E-state index contributed by atoms with van der Waals surface area (Å²) in [7, 11) is 0. The third-order valence-electron chi connectivity index (χ3n) is 2.22. The van der Waals surface area contributed by atoms with Crippen molar-refractivity contribution in [3.8, 4) is 0 Å². The lowest BCUT2D eigenvalue weighted by Gasteiger charge is -1.96. The fourth-order valence-electron chi connectivity index (χ4n) is 1.39. The number of thiophene rings is 1. The summed E-state index contributed by atoms with van der Waals surface area (Å²) in [6.07, 6.45) is 4.59. The standard InChI is InChI=1S/C12H12N2OS/c1-2-9-4-5-10(16-9)8-11(15)12-13-6-3-7-14-12/h3-7H,2,8H2,1H3. The van der Waals surface area contributed by atoms with E-state index >= 15 is 0 Å². The average molecular weight is 232 g/mol. The molecule has 82 valence electrons. The Morgan fingerprint density at radius 3 is 2.56 bits per heavy atom. The van der Waals surface area contributed by atoms with Gasteiger partial charge in [0, 0.05) is 28.6 Å². The van der Waals surface area contributed by atoms with Crippen LogP contribution in [0.1, 0.15) is 27.3 Å². The molecule has 0 aromatic carbocycles. The van der Waals surface area contributed by atoms with E-state index in [9.17, 15) is 4.79 Å². The molecule has 0 aliphatic heterocycles. The monoisotopic (exact) mass is 232 g/mol. The Morgan fingerprint density at radius 1 is 1.25 bits per heavy atom. The molecule has 2 rings (SSSR count). The molecule has 0 bridgehead atoms. The van der Waals surface area contributed by atoms with Gasteiger partial charge in [0.15, 0.2) is 5.82 Å². The number of hydrogen-bond acceptors (Lipinski definition) is 4. The fraction of sp³-hybridized carbons (Fsp3) is 0.250. The molecule has 0 aliphatic rings. The number of aromatic nitrogens is 2. The zero-order valence-electron chi connectivity index (χ0n) is 9.01. The maximum absolute atomic E-state index is 11.8. The molecule has 2 heterocycles. The van der Waals surface area contributed by atoms with Crippen molar-refractivity contribution >= 4 is 17.1 Å². The van der Waals surface area contributed by atoms with E-state index in [-0.39, 0.29) is 5.78 Å². The number of carbonyl (C=O) groups excluding carboxylic acids is 1. The van der Waals surface area contributed by atoms with E-state index in [2.05, 4.69) is 23.0 Å². The van der Waals surface area contributed by atoms with Crippen LogP contribution in [0.5, 0.6) is 0 Å². The lowest BCUT2D eigenvalue weighted by Crippen LogP contribution is -2.06. The van der Waals surface area contributed by atoms with Gasteiger partial charge in [-0.3, -0.25) is 4.79 Å². The molecular formula is C12H12N2OS. The van der Waals surface area contributed by atoms with Gasteiger partial charge in [0.1, 0.15) is 0 Å². The van der Waals surface area contributed by atoms with E-state index in [1.165, 1.54) is 4.88 Å². The lowest BCUT2D eigenvalue weighted by atomic mass is 10.2. The number of rotatable bonds is 4. The van der Waals surface area contributed by atoms with Crippen LogP contribution in [-0.2, 0) is 12.8 Å². The van der Waals surface area contributed by atoms with Crippen LogP contribution < -0.4 is 0 Å². The minimum atomic E-state index is -0.0231. The topological polar surface area (TPSA) is 42.9 Å². The third kappa shape index (κ3) is 2.52. The molecule has 0 N–H and O–H groups in total. The van der Waals surface area contributed by atoms with Gasteiger partial charge in [-0.05, 0) is 24.6 Å². The quantitative estimate of drug-likeness (QED) is 0.761. The van der Waals surface area contributed by atoms with Crippen molar-refractivity contribution in [2.75, 3.05) is 0 Å². The van der Waals surface area contributed by atoms with Gasteiger partial charge in [0.05, 0.1) is 0 Å². The molecule has 0 radical (unpaired) electrons. The Bertz CT molecular complexity index is 479. The molecule has 0 saturated heterocycles. The summed E-state index contributed by atoms with van der Waals surface area (Å²) in [5.41, 5.74) is 0. The number of nitrogens with zero attached hydrogens (tertiary/aromatic N) is 2. The van der Waals surface area contributed by atoms with Crippen molar-refractivity contribution < 1.29 is 4.79 Å². The summed E-state index contributed by atoms with van der Waals surface area (Å²) in [5.74, 6) is 0.277. The molecule has 0 fully saturated rings. The summed E-state index contributed by atoms with van der Waals surface area (Å²) in [4.78, 5) is 22.1. The first-order valence-corrected chi connectivity index (χ1v) is 5.99. The van der Waals surface area contributed by atoms with Crippen molar-refractivity contribution in [2.24, 2.45) is 0 Å². The van der Waals surface area contributed by atoms with E-state index in [4.69, 9.17) is 0 Å². The van der Waals surface area contributed by atoms with Crippen LogP contribution in [-0.4, -0.2) is 15.8 Å². The van der Waals surface area contributed by atoms with Crippen LogP contribution in [0.25, 0.3) is 0 Å². The van der Waals surface area contributed by atoms with Crippen LogP contribution >= 0.6 is 11.3 Å². The maximum Gasteiger partial charge on any atom is 0.205 e. The van der Waals surface area contributed by atoms with Crippen LogP contribution in [0.2, 0.25) is 0 Å².